The van der Waals surface area contributed by atoms with Crippen LogP contribution in [-0.2, 0) is 6.42 Å². The van der Waals surface area contributed by atoms with Gasteiger partial charge in [-0.05, 0) is 62.3 Å². The maximum atomic E-state index is 12.6. The first-order valence-electron chi connectivity index (χ1n) is 9.83. The highest BCUT2D eigenvalue weighted by atomic mass is 16.5. The number of ether oxygens (including phenoxy) is 1. The van der Waals surface area contributed by atoms with Crippen molar-refractivity contribution in [3.8, 4) is 11.5 Å². The maximum Gasteiger partial charge on any atom is 0.203 e. The number of carbonyl (C=O) groups is 1. The molecule has 4 nitrogen and oxygen atoms in total. The Kier molecular flexibility index (Phi) is 5.78. The molecule has 1 heterocycles. The van der Waals surface area contributed by atoms with E-state index in [-0.39, 0.29) is 22.8 Å². The standard InChI is InChI=1S/C24H28O4/c1-16(9-7-8-12-17-10-5-4-6-11-17)18-13-20(26)22-21(14-18)28-24(2,3)19(15-25)23(22)27/h4-6,10-11,13-16,25-26H,7-9,12H2,1-3H3. The molecule has 148 valence electrons. The Balaban J connectivity index is 1.70. The number of fused-ring (bicyclic) bond motifs is 1. The molecule has 0 spiro atoms. The Bertz CT molecular complexity index is 881. The van der Waals surface area contributed by atoms with Crippen LogP contribution in [0.15, 0.2) is 54.3 Å². The minimum atomic E-state index is -0.942. The molecule has 2 aromatic carbocycles. The van der Waals surface area contributed by atoms with Crippen molar-refractivity contribution >= 4 is 5.78 Å². The lowest BCUT2D eigenvalue weighted by atomic mass is 9.85. The van der Waals surface area contributed by atoms with Crippen molar-refractivity contribution in [3.05, 3.63) is 71.0 Å². The lowest BCUT2D eigenvalue weighted by Crippen LogP contribution is -2.39. The van der Waals surface area contributed by atoms with Gasteiger partial charge in [0, 0.05) is 0 Å². The molecule has 2 N–H and O–H groups in total. The number of Topliss-reactive ketones (excluding diaryl/α,β-unsaturated/α-hetero) is 1. The van der Waals surface area contributed by atoms with Crippen molar-refractivity contribution < 1.29 is 19.7 Å². The van der Waals surface area contributed by atoms with Crippen LogP contribution >= 0.6 is 0 Å². The molecule has 0 fully saturated rings. The number of benzene rings is 2. The number of hydrogen-bond donors (Lipinski definition) is 2. The van der Waals surface area contributed by atoms with E-state index in [0.29, 0.717) is 5.75 Å². The molecule has 1 unspecified atom stereocenters. The summed E-state index contributed by atoms with van der Waals surface area (Å²) in [4.78, 5) is 12.6. The van der Waals surface area contributed by atoms with Crippen LogP contribution in [0, 0.1) is 0 Å². The van der Waals surface area contributed by atoms with Gasteiger partial charge in [0.25, 0.3) is 0 Å². The summed E-state index contributed by atoms with van der Waals surface area (Å²) >= 11 is 0. The van der Waals surface area contributed by atoms with Crippen molar-refractivity contribution in [2.45, 2.75) is 58.0 Å². The van der Waals surface area contributed by atoms with Gasteiger partial charge < -0.3 is 14.9 Å². The summed E-state index contributed by atoms with van der Waals surface area (Å²) in [6.45, 7) is 5.58. The fraction of sp³-hybridized carbons (Fsp3) is 0.375. The fourth-order valence-corrected chi connectivity index (χ4v) is 3.76. The summed E-state index contributed by atoms with van der Waals surface area (Å²) in [7, 11) is 0. The van der Waals surface area contributed by atoms with Crippen LogP contribution in [0.3, 0.4) is 0 Å². The number of phenols is 1. The van der Waals surface area contributed by atoms with E-state index in [2.05, 4.69) is 31.2 Å². The van der Waals surface area contributed by atoms with E-state index in [1.807, 2.05) is 12.1 Å². The Morgan fingerprint density at radius 2 is 1.86 bits per heavy atom. The number of phenolic OH excluding ortho intramolecular Hbond substituents is 1. The predicted octanol–water partition coefficient (Wildman–Crippen LogP) is 5.70. The molecular formula is C24H28O4. The molecule has 3 rings (SSSR count). The molecular weight excluding hydrogens is 352 g/mol. The Labute approximate surface area is 166 Å². The van der Waals surface area contributed by atoms with Gasteiger partial charge in [-0.3, -0.25) is 4.79 Å². The molecule has 28 heavy (non-hydrogen) atoms. The van der Waals surface area contributed by atoms with E-state index in [0.717, 1.165) is 37.5 Å². The number of rotatable bonds is 6. The number of hydrogen-bond acceptors (Lipinski definition) is 4. The van der Waals surface area contributed by atoms with Crippen LogP contribution in [0.5, 0.6) is 11.5 Å². The van der Waals surface area contributed by atoms with E-state index >= 15 is 0 Å². The monoisotopic (exact) mass is 380 g/mol. The van der Waals surface area contributed by atoms with Gasteiger partial charge in [0.05, 0.1) is 11.8 Å². The average Bonchev–Trinajstić information content (AvgIpc) is 2.64. The second kappa shape index (κ2) is 8.09. The number of aryl methyl sites for hydroxylation is 1. The third kappa shape index (κ3) is 4.06. The Morgan fingerprint density at radius 1 is 1.14 bits per heavy atom. The molecule has 1 atom stereocenters. The smallest absolute Gasteiger partial charge is 0.203 e. The van der Waals surface area contributed by atoms with Crippen molar-refractivity contribution in [2.75, 3.05) is 0 Å². The summed E-state index contributed by atoms with van der Waals surface area (Å²) in [5, 5.41) is 19.9. The number of ketones is 1. The molecule has 0 aliphatic carbocycles. The highest BCUT2D eigenvalue weighted by Gasteiger charge is 2.40. The SMILES string of the molecule is CC(CCCCc1ccccc1)c1cc(O)c2c(c1)OC(C)(C)C(=CO)C2=O. The first-order valence-corrected chi connectivity index (χ1v) is 9.83. The van der Waals surface area contributed by atoms with Crippen LogP contribution in [0.2, 0.25) is 0 Å². The van der Waals surface area contributed by atoms with E-state index in [4.69, 9.17) is 4.74 Å². The quantitative estimate of drug-likeness (QED) is 0.383. The molecule has 0 radical (unpaired) electrons. The topological polar surface area (TPSA) is 66.8 Å². The zero-order chi connectivity index (χ0) is 20.3. The molecule has 0 amide bonds. The average molecular weight is 380 g/mol. The molecule has 2 aromatic rings. The lowest BCUT2D eigenvalue weighted by Gasteiger charge is -2.34. The predicted molar refractivity (Wildman–Crippen MR) is 110 cm³/mol. The van der Waals surface area contributed by atoms with Gasteiger partial charge in [-0.2, -0.15) is 0 Å². The van der Waals surface area contributed by atoms with E-state index in [1.54, 1.807) is 19.9 Å². The summed E-state index contributed by atoms with van der Waals surface area (Å²) < 4.78 is 5.94. The number of aliphatic hydroxyl groups excluding tert-OH is 1. The van der Waals surface area contributed by atoms with E-state index in [1.165, 1.54) is 5.56 Å². The first kappa shape index (κ1) is 20.0. The number of aliphatic hydroxyl groups is 1. The third-order valence-corrected chi connectivity index (χ3v) is 5.48. The first-order chi connectivity index (χ1) is 13.3. The van der Waals surface area contributed by atoms with Crippen molar-refractivity contribution in [3.63, 3.8) is 0 Å². The minimum Gasteiger partial charge on any atom is -0.515 e. The summed E-state index contributed by atoms with van der Waals surface area (Å²) in [5.74, 6) is 0.132. The van der Waals surface area contributed by atoms with Gasteiger partial charge in [-0.15, -0.1) is 0 Å². The molecule has 1 aliphatic heterocycles. The van der Waals surface area contributed by atoms with Crippen molar-refractivity contribution in [1.82, 2.24) is 0 Å². The minimum absolute atomic E-state index is 0.0940. The van der Waals surface area contributed by atoms with Crippen LogP contribution in [-0.4, -0.2) is 21.6 Å². The molecule has 0 saturated heterocycles. The van der Waals surface area contributed by atoms with Gasteiger partial charge in [-0.1, -0.05) is 43.7 Å². The Hall–Kier alpha value is -2.75. The van der Waals surface area contributed by atoms with Gasteiger partial charge >= 0.3 is 0 Å². The van der Waals surface area contributed by atoms with Crippen molar-refractivity contribution in [2.24, 2.45) is 0 Å². The van der Waals surface area contributed by atoms with Gasteiger partial charge in [0.1, 0.15) is 22.7 Å². The van der Waals surface area contributed by atoms with E-state index in [9.17, 15) is 15.0 Å². The maximum absolute atomic E-state index is 12.6. The fourth-order valence-electron chi connectivity index (χ4n) is 3.76. The van der Waals surface area contributed by atoms with E-state index < -0.39 is 11.4 Å². The van der Waals surface area contributed by atoms with Gasteiger partial charge in [0.15, 0.2) is 0 Å². The highest BCUT2D eigenvalue weighted by molar-refractivity contribution is 6.14. The molecule has 1 aliphatic rings. The molecule has 0 aromatic heterocycles. The summed E-state index contributed by atoms with van der Waals surface area (Å²) in [6, 6.07) is 14.0. The molecule has 4 heteroatoms. The highest BCUT2D eigenvalue weighted by Crippen LogP contribution is 2.43. The summed E-state index contributed by atoms with van der Waals surface area (Å²) in [5.41, 5.74) is 1.62. The molecule has 0 bridgehead atoms. The third-order valence-electron chi connectivity index (χ3n) is 5.48. The number of unbranched alkanes of at least 4 members (excludes halogenated alkanes) is 1. The van der Waals surface area contributed by atoms with Gasteiger partial charge in [0.2, 0.25) is 5.78 Å². The zero-order valence-electron chi connectivity index (χ0n) is 16.7. The normalized spacial score (nSPS) is 17.8. The number of carbonyl (C=O) groups excluding carboxylic acids is 1. The number of aromatic hydroxyl groups is 1. The van der Waals surface area contributed by atoms with Crippen LogP contribution in [0.1, 0.15) is 67.4 Å². The Morgan fingerprint density at radius 3 is 2.54 bits per heavy atom. The lowest BCUT2D eigenvalue weighted by molar-refractivity contribution is 0.0838. The van der Waals surface area contributed by atoms with Crippen LogP contribution < -0.4 is 4.74 Å². The largest absolute Gasteiger partial charge is 0.515 e. The van der Waals surface area contributed by atoms with Crippen LogP contribution in [0.4, 0.5) is 0 Å². The van der Waals surface area contributed by atoms with Crippen molar-refractivity contribution in [1.29, 1.82) is 0 Å². The van der Waals surface area contributed by atoms with Gasteiger partial charge in [-0.25, -0.2) is 0 Å². The molecule has 0 saturated carbocycles. The second-order valence-electron chi connectivity index (χ2n) is 8.03. The zero-order valence-corrected chi connectivity index (χ0v) is 16.7. The summed E-state index contributed by atoms with van der Waals surface area (Å²) in [6.07, 6.45) is 5.01. The second-order valence-corrected chi connectivity index (χ2v) is 8.03. The van der Waals surface area contributed by atoms with Crippen LogP contribution in [0.25, 0.3) is 0 Å².